The zero-order chi connectivity index (χ0) is 16.1. The van der Waals surface area contributed by atoms with Gasteiger partial charge in [-0.3, -0.25) is 4.79 Å². The Labute approximate surface area is 147 Å². The second-order valence-electron chi connectivity index (χ2n) is 4.48. The highest BCUT2D eigenvalue weighted by Crippen LogP contribution is 2.31. The SMILES string of the molecule is CCSc1nnc(S[C@@H](C)C(=O)Nc2cc(Cl)ccc2C)s1. The molecule has 4 nitrogen and oxygen atoms in total. The van der Waals surface area contributed by atoms with E-state index in [2.05, 4.69) is 22.4 Å². The summed E-state index contributed by atoms with van der Waals surface area (Å²) in [6, 6.07) is 5.45. The summed E-state index contributed by atoms with van der Waals surface area (Å²) >= 11 is 10.6. The van der Waals surface area contributed by atoms with Gasteiger partial charge < -0.3 is 5.32 Å². The molecule has 1 aromatic carbocycles. The van der Waals surface area contributed by atoms with Crippen molar-refractivity contribution in [3.8, 4) is 0 Å². The zero-order valence-electron chi connectivity index (χ0n) is 12.4. The quantitative estimate of drug-likeness (QED) is 0.741. The van der Waals surface area contributed by atoms with Crippen LogP contribution in [0.4, 0.5) is 5.69 Å². The van der Waals surface area contributed by atoms with E-state index in [0.29, 0.717) is 5.02 Å². The van der Waals surface area contributed by atoms with E-state index in [-0.39, 0.29) is 11.2 Å². The molecule has 22 heavy (non-hydrogen) atoms. The first-order chi connectivity index (χ1) is 10.5. The number of anilines is 1. The van der Waals surface area contributed by atoms with Crippen LogP contribution in [0.25, 0.3) is 0 Å². The van der Waals surface area contributed by atoms with Crippen LogP contribution in [0.5, 0.6) is 0 Å². The maximum absolute atomic E-state index is 12.3. The number of aryl methyl sites for hydroxylation is 1. The van der Waals surface area contributed by atoms with Crippen molar-refractivity contribution in [1.82, 2.24) is 10.2 Å². The van der Waals surface area contributed by atoms with E-state index in [1.54, 1.807) is 23.9 Å². The predicted octanol–water partition coefficient (Wildman–Crippen LogP) is 4.73. The van der Waals surface area contributed by atoms with Gasteiger partial charge in [0.2, 0.25) is 5.91 Å². The van der Waals surface area contributed by atoms with Gasteiger partial charge in [0, 0.05) is 10.7 Å². The normalized spacial score (nSPS) is 12.2. The Morgan fingerprint density at radius 3 is 2.86 bits per heavy atom. The minimum absolute atomic E-state index is 0.0738. The first kappa shape index (κ1) is 17.6. The molecule has 0 bridgehead atoms. The maximum Gasteiger partial charge on any atom is 0.237 e. The molecule has 0 aliphatic heterocycles. The van der Waals surface area contributed by atoms with E-state index < -0.39 is 0 Å². The molecule has 118 valence electrons. The van der Waals surface area contributed by atoms with E-state index in [9.17, 15) is 4.79 Å². The van der Waals surface area contributed by atoms with Crippen molar-refractivity contribution in [3.05, 3.63) is 28.8 Å². The number of halogens is 1. The fourth-order valence-electron chi connectivity index (χ4n) is 1.59. The fraction of sp³-hybridized carbons (Fsp3) is 0.357. The van der Waals surface area contributed by atoms with Gasteiger partial charge in [0.25, 0.3) is 0 Å². The average Bonchev–Trinajstić information content (AvgIpc) is 2.90. The molecule has 1 atom stereocenters. The Kier molecular flexibility index (Phi) is 6.55. The molecule has 1 N–H and O–H groups in total. The lowest BCUT2D eigenvalue weighted by Crippen LogP contribution is -2.22. The lowest BCUT2D eigenvalue weighted by Gasteiger charge is -2.12. The number of hydrogen-bond acceptors (Lipinski definition) is 6. The van der Waals surface area contributed by atoms with Crippen molar-refractivity contribution in [2.45, 2.75) is 34.7 Å². The standard InChI is InChI=1S/C14H16ClN3OS3/c1-4-20-13-17-18-14(22-13)21-9(3)12(19)16-11-7-10(15)6-5-8(11)2/h5-7,9H,4H2,1-3H3,(H,16,19)/t9-/m0/s1. The van der Waals surface area contributed by atoms with Crippen LogP contribution in [0, 0.1) is 6.92 Å². The number of aromatic nitrogens is 2. The van der Waals surface area contributed by atoms with Gasteiger partial charge in [0.05, 0.1) is 5.25 Å². The molecular formula is C14H16ClN3OS3. The summed E-state index contributed by atoms with van der Waals surface area (Å²) in [6.07, 6.45) is 0. The molecule has 0 aliphatic carbocycles. The molecule has 2 rings (SSSR count). The molecule has 0 saturated heterocycles. The summed E-state index contributed by atoms with van der Waals surface area (Å²) in [5.74, 6) is 0.888. The summed E-state index contributed by atoms with van der Waals surface area (Å²) in [5.41, 5.74) is 1.72. The van der Waals surface area contributed by atoms with Crippen molar-refractivity contribution >= 4 is 58.1 Å². The van der Waals surface area contributed by atoms with Crippen LogP contribution in [-0.4, -0.2) is 27.1 Å². The lowest BCUT2D eigenvalue weighted by atomic mass is 10.2. The van der Waals surface area contributed by atoms with E-state index in [1.165, 1.54) is 23.1 Å². The topological polar surface area (TPSA) is 54.9 Å². The van der Waals surface area contributed by atoms with Gasteiger partial charge in [-0.05, 0) is 37.3 Å². The summed E-state index contributed by atoms with van der Waals surface area (Å²) < 4.78 is 1.74. The fourth-order valence-corrected chi connectivity index (χ4v) is 4.83. The number of rotatable bonds is 6. The van der Waals surface area contributed by atoms with Gasteiger partial charge in [-0.1, -0.05) is 59.5 Å². The molecular weight excluding hydrogens is 358 g/mol. The van der Waals surface area contributed by atoms with Crippen molar-refractivity contribution in [2.24, 2.45) is 0 Å². The minimum Gasteiger partial charge on any atom is -0.325 e. The number of hydrogen-bond donors (Lipinski definition) is 1. The summed E-state index contributed by atoms with van der Waals surface area (Å²) in [5, 5.41) is 11.4. The van der Waals surface area contributed by atoms with Crippen LogP contribution >= 0.6 is 46.5 Å². The van der Waals surface area contributed by atoms with Crippen LogP contribution < -0.4 is 5.32 Å². The summed E-state index contributed by atoms with van der Waals surface area (Å²) in [4.78, 5) is 12.3. The van der Waals surface area contributed by atoms with Crippen LogP contribution in [0.3, 0.4) is 0 Å². The monoisotopic (exact) mass is 373 g/mol. The summed E-state index contributed by atoms with van der Waals surface area (Å²) in [7, 11) is 0. The Hall–Kier alpha value is -0.760. The third kappa shape index (κ3) is 4.87. The Morgan fingerprint density at radius 2 is 2.14 bits per heavy atom. The largest absolute Gasteiger partial charge is 0.325 e. The Balaban J connectivity index is 1.98. The molecule has 8 heteroatoms. The molecule has 0 fully saturated rings. The summed E-state index contributed by atoms with van der Waals surface area (Å²) in [6.45, 7) is 5.86. The van der Waals surface area contributed by atoms with Gasteiger partial charge in [-0.15, -0.1) is 10.2 Å². The molecule has 1 heterocycles. The number of nitrogens with one attached hydrogen (secondary N) is 1. The van der Waals surface area contributed by atoms with Crippen molar-refractivity contribution in [2.75, 3.05) is 11.1 Å². The van der Waals surface area contributed by atoms with Crippen LogP contribution in [0.2, 0.25) is 5.02 Å². The number of carbonyl (C=O) groups excluding carboxylic acids is 1. The number of benzene rings is 1. The predicted molar refractivity (Wildman–Crippen MR) is 96.4 cm³/mol. The molecule has 1 amide bonds. The Morgan fingerprint density at radius 1 is 1.41 bits per heavy atom. The Bertz CT molecular complexity index is 663. The zero-order valence-corrected chi connectivity index (χ0v) is 15.6. The van der Waals surface area contributed by atoms with Gasteiger partial charge >= 0.3 is 0 Å². The minimum atomic E-state index is -0.259. The number of amides is 1. The van der Waals surface area contributed by atoms with Gasteiger partial charge in [0.15, 0.2) is 8.68 Å². The molecule has 2 aromatic rings. The van der Waals surface area contributed by atoms with E-state index in [4.69, 9.17) is 11.6 Å². The first-order valence-corrected chi connectivity index (χ1v) is 9.75. The van der Waals surface area contributed by atoms with Gasteiger partial charge in [-0.25, -0.2) is 0 Å². The maximum atomic E-state index is 12.3. The smallest absolute Gasteiger partial charge is 0.237 e. The van der Waals surface area contributed by atoms with Crippen LogP contribution in [-0.2, 0) is 4.79 Å². The molecule has 0 unspecified atom stereocenters. The van der Waals surface area contributed by atoms with Crippen LogP contribution in [0.1, 0.15) is 19.4 Å². The van der Waals surface area contributed by atoms with Crippen molar-refractivity contribution in [1.29, 1.82) is 0 Å². The highest BCUT2D eigenvalue weighted by molar-refractivity contribution is 8.03. The third-order valence-corrected chi connectivity index (χ3v) is 6.12. The molecule has 0 radical (unpaired) electrons. The number of thioether (sulfide) groups is 2. The lowest BCUT2D eigenvalue weighted by molar-refractivity contribution is -0.115. The number of nitrogens with zero attached hydrogens (tertiary/aromatic N) is 2. The highest BCUT2D eigenvalue weighted by atomic mass is 35.5. The van der Waals surface area contributed by atoms with E-state index in [0.717, 1.165) is 25.7 Å². The van der Waals surface area contributed by atoms with Crippen molar-refractivity contribution < 1.29 is 4.79 Å². The highest BCUT2D eigenvalue weighted by Gasteiger charge is 2.18. The third-order valence-electron chi connectivity index (χ3n) is 2.76. The molecule has 1 aromatic heterocycles. The van der Waals surface area contributed by atoms with Crippen molar-refractivity contribution in [3.63, 3.8) is 0 Å². The number of carbonyl (C=O) groups is 1. The second-order valence-corrected chi connectivity index (χ2v) is 8.99. The van der Waals surface area contributed by atoms with Gasteiger partial charge in [0.1, 0.15) is 0 Å². The molecule has 0 aliphatic rings. The van der Waals surface area contributed by atoms with E-state index >= 15 is 0 Å². The van der Waals surface area contributed by atoms with Gasteiger partial charge in [-0.2, -0.15) is 0 Å². The second kappa shape index (κ2) is 8.19. The van der Waals surface area contributed by atoms with E-state index in [1.807, 2.05) is 19.9 Å². The molecule has 0 spiro atoms. The first-order valence-electron chi connectivity index (χ1n) is 6.69. The average molecular weight is 374 g/mol. The molecule has 0 saturated carbocycles. The van der Waals surface area contributed by atoms with Crippen LogP contribution in [0.15, 0.2) is 26.9 Å².